The number of nitrogens with zero attached hydrogens (tertiary/aromatic N) is 3. The number of piperazine rings is 1. The highest BCUT2D eigenvalue weighted by molar-refractivity contribution is 5.99. The van der Waals surface area contributed by atoms with Crippen molar-refractivity contribution in [3.05, 3.63) is 86.3 Å². The third-order valence-corrected chi connectivity index (χ3v) is 11.2. The van der Waals surface area contributed by atoms with Crippen LogP contribution in [0.15, 0.2) is 47.3 Å². The number of carbonyl (C=O) groups is 2. The highest BCUT2D eigenvalue weighted by Crippen LogP contribution is 2.34. The first-order valence-corrected chi connectivity index (χ1v) is 20.2. The van der Waals surface area contributed by atoms with E-state index >= 15 is 0 Å². The maximum absolute atomic E-state index is 13.9. The predicted octanol–water partition coefficient (Wildman–Crippen LogP) is 7.69. The first-order chi connectivity index (χ1) is 25.7. The van der Waals surface area contributed by atoms with E-state index in [2.05, 4.69) is 69.2 Å². The fraction of sp³-hybridized carbons (Fsp3) is 0.568. The second-order valence-corrected chi connectivity index (χ2v) is 15.1. The van der Waals surface area contributed by atoms with Crippen molar-refractivity contribution in [2.24, 2.45) is 0 Å². The number of nitrogens with one attached hydrogen (secondary N) is 2. The monoisotopic (exact) mass is 725 g/mol. The maximum Gasteiger partial charge on any atom is 0.253 e. The molecule has 5 rings (SSSR count). The van der Waals surface area contributed by atoms with Crippen molar-refractivity contribution in [2.45, 2.75) is 118 Å². The molecule has 0 aliphatic carbocycles. The molecule has 0 bridgehead atoms. The molecule has 9 nitrogen and oxygen atoms in total. The van der Waals surface area contributed by atoms with E-state index in [9.17, 15) is 14.4 Å². The van der Waals surface area contributed by atoms with Crippen LogP contribution in [0, 0.1) is 20.8 Å². The molecular formula is C44H63N5O4. The number of aryl methyl sites for hydroxylation is 2. The summed E-state index contributed by atoms with van der Waals surface area (Å²) in [7, 11) is 0. The van der Waals surface area contributed by atoms with Gasteiger partial charge in [-0.25, -0.2) is 0 Å². The van der Waals surface area contributed by atoms with Gasteiger partial charge in [0.25, 0.3) is 11.5 Å². The fourth-order valence-corrected chi connectivity index (χ4v) is 7.99. The van der Waals surface area contributed by atoms with Gasteiger partial charge in [0.05, 0.1) is 0 Å². The zero-order valence-electron chi connectivity index (χ0n) is 33.0. The Balaban J connectivity index is 1.26. The van der Waals surface area contributed by atoms with Gasteiger partial charge in [-0.15, -0.1) is 0 Å². The number of carbonyl (C=O) groups excluding carboxylic acids is 2. The lowest BCUT2D eigenvalue weighted by atomic mass is 9.94. The van der Waals surface area contributed by atoms with Gasteiger partial charge in [0, 0.05) is 94.0 Å². The number of pyridine rings is 1. The minimum absolute atomic E-state index is 0.160. The molecule has 2 aliphatic heterocycles. The molecule has 0 unspecified atom stereocenters. The van der Waals surface area contributed by atoms with Crippen molar-refractivity contribution in [2.75, 3.05) is 50.8 Å². The van der Waals surface area contributed by atoms with Crippen LogP contribution in [0.3, 0.4) is 0 Å². The number of rotatable bonds is 17. The van der Waals surface area contributed by atoms with Crippen LogP contribution in [0.5, 0.6) is 0 Å². The molecule has 53 heavy (non-hydrogen) atoms. The Morgan fingerprint density at radius 1 is 0.868 bits per heavy atom. The zero-order valence-corrected chi connectivity index (χ0v) is 33.0. The lowest BCUT2D eigenvalue weighted by molar-refractivity contribution is -0.133. The van der Waals surface area contributed by atoms with Crippen LogP contribution in [-0.4, -0.2) is 78.6 Å². The van der Waals surface area contributed by atoms with Crippen LogP contribution in [-0.2, 0) is 22.6 Å². The van der Waals surface area contributed by atoms with Crippen LogP contribution in [0.2, 0.25) is 0 Å². The molecule has 1 aromatic heterocycles. The standard InChI is InChI=1S/C44H63N5O4/c1-6-8-9-10-11-12-13-14-42(50)48-23-21-47(22-24-48)31-35-15-17-36(18-16-35)37-28-39(43(51)45-30-40-32(3)27-33(4)46-44(40)52)34(5)41(29-37)49(7-2)38-19-25-53-26-20-38/h15-18,27-29,38H,6-14,19-26,30-31H2,1-5H3,(H,45,51)(H,46,52). The number of H-pyrrole nitrogens is 1. The second-order valence-electron chi connectivity index (χ2n) is 15.1. The highest BCUT2D eigenvalue weighted by Gasteiger charge is 2.25. The summed E-state index contributed by atoms with van der Waals surface area (Å²) >= 11 is 0. The zero-order chi connectivity index (χ0) is 37.7. The number of unbranched alkanes of at least 4 members (excludes halogenated alkanes) is 6. The Morgan fingerprint density at radius 2 is 1.55 bits per heavy atom. The summed E-state index contributed by atoms with van der Waals surface area (Å²) in [6.07, 6.45) is 11.2. The molecule has 2 aliphatic rings. The molecule has 2 aromatic carbocycles. The smallest absolute Gasteiger partial charge is 0.253 e. The molecular weight excluding hydrogens is 663 g/mol. The lowest BCUT2D eigenvalue weighted by Crippen LogP contribution is -2.48. The van der Waals surface area contributed by atoms with E-state index in [0.717, 1.165) is 112 Å². The van der Waals surface area contributed by atoms with Gasteiger partial charge in [0.15, 0.2) is 0 Å². The molecule has 2 amide bonds. The molecule has 2 N–H and O–H groups in total. The number of amides is 2. The third kappa shape index (κ3) is 11.0. The third-order valence-electron chi connectivity index (χ3n) is 11.2. The van der Waals surface area contributed by atoms with Gasteiger partial charge in [-0.05, 0) is 93.0 Å². The molecule has 288 valence electrons. The Bertz CT molecular complexity index is 1700. The normalized spacial score (nSPS) is 15.5. The minimum atomic E-state index is -0.190. The Morgan fingerprint density at radius 3 is 2.21 bits per heavy atom. The molecule has 3 aromatic rings. The molecule has 2 fully saturated rings. The van der Waals surface area contributed by atoms with E-state index in [1.165, 1.54) is 37.7 Å². The SMILES string of the molecule is CCCCCCCCCC(=O)N1CCN(Cc2ccc(-c3cc(C(=O)NCc4c(C)cc(C)[nH]c4=O)c(C)c(N(CC)C4CCOCC4)c3)cc2)CC1. The van der Waals surface area contributed by atoms with Crippen LogP contribution in [0.25, 0.3) is 11.1 Å². The number of aromatic amines is 1. The first-order valence-electron chi connectivity index (χ1n) is 20.2. The van der Waals surface area contributed by atoms with Crippen molar-refractivity contribution < 1.29 is 14.3 Å². The summed E-state index contributed by atoms with van der Waals surface area (Å²) in [5.74, 6) is 0.120. The van der Waals surface area contributed by atoms with E-state index in [4.69, 9.17) is 4.74 Å². The van der Waals surface area contributed by atoms with Crippen molar-refractivity contribution in [1.29, 1.82) is 0 Å². The van der Waals surface area contributed by atoms with Crippen molar-refractivity contribution in [3.8, 4) is 11.1 Å². The van der Waals surface area contributed by atoms with E-state index in [1.54, 1.807) is 0 Å². The fourth-order valence-electron chi connectivity index (χ4n) is 7.99. The predicted molar refractivity (Wildman–Crippen MR) is 216 cm³/mol. The summed E-state index contributed by atoms with van der Waals surface area (Å²) in [4.78, 5) is 49.2. The average molecular weight is 726 g/mol. The Hall–Kier alpha value is -3.95. The number of ether oxygens (including phenoxy) is 1. The topological polar surface area (TPSA) is 98.0 Å². The maximum atomic E-state index is 13.9. The first kappa shape index (κ1) is 40.2. The highest BCUT2D eigenvalue weighted by atomic mass is 16.5. The Kier molecular flexibility index (Phi) is 15.1. The molecule has 0 spiro atoms. The number of aromatic nitrogens is 1. The summed E-state index contributed by atoms with van der Waals surface area (Å²) in [5.41, 5.74) is 7.97. The van der Waals surface area contributed by atoms with E-state index < -0.39 is 0 Å². The molecule has 2 saturated heterocycles. The number of benzene rings is 2. The lowest BCUT2D eigenvalue weighted by Gasteiger charge is -2.37. The van der Waals surface area contributed by atoms with Gasteiger partial charge in [-0.1, -0.05) is 69.7 Å². The van der Waals surface area contributed by atoms with Crippen molar-refractivity contribution in [3.63, 3.8) is 0 Å². The van der Waals surface area contributed by atoms with E-state index in [1.807, 2.05) is 32.9 Å². The van der Waals surface area contributed by atoms with E-state index in [-0.39, 0.29) is 18.0 Å². The summed E-state index contributed by atoms with van der Waals surface area (Å²) in [6.45, 7) is 16.9. The Labute approximate surface area is 317 Å². The van der Waals surface area contributed by atoms with E-state index in [0.29, 0.717) is 29.5 Å². The molecule has 0 atom stereocenters. The largest absolute Gasteiger partial charge is 0.381 e. The quantitative estimate of drug-likeness (QED) is 0.139. The molecule has 3 heterocycles. The van der Waals surface area contributed by atoms with Gasteiger partial charge in [-0.3, -0.25) is 19.3 Å². The minimum Gasteiger partial charge on any atom is -0.381 e. The number of hydrogen-bond acceptors (Lipinski definition) is 6. The summed E-state index contributed by atoms with van der Waals surface area (Å²) < 4.78 is 5.69. The molecule has 9 heteroatoms. The van der Waals surface area contributed by atoms with Gasteiger partial charge >= 0.3 is 0 Å². The van der Waals surface area contributed by atoms with Crippen molar-refractivity contribution >= 4 is 17.5 Å². The number of anilines is 1. The van der Waals surface area contributed by atoms with Crippen LogP contribution in [0.4, 0.5) is 5.69 Å². The van der Waals surface area contributed by atoms with Gasteiger partial charge in [0.2, 0.25) is 5.91 Å². The average Bonchev–Trinajstić information content (AvgIpc) is 3.16. The summed E-state index contributed by atoms with van der Waals surface area (Å²) in [6, 6.07) is 15.2. The molecule has 0 radical (unpaired) electrons. The summed E-state index contributed by atoms with van der Waals surface area (Å²) in [5, 5.41) is 3.06. The van der Waals surface area contributed by atoms with Crippen LogP contribution < -0.4 is 15.8 Å². The second kappa shape index (κ2) is 19.9. The van der Waals surface area contributed by atoms with Crippen molar-refractivity contribution in [1.82, 2.24) is 20.1 Å². The van der Waals surface area contributed by atoms with Crippen LogP contribution >= 0.6 is 0 Å². The van der Waals surface area contributed by atoms with Gasteiger partial charge in [-0.2, -0.15) is 0 Å². The van der Waals surface area contributed by atoms with Gasteiger partial charge < -0.3 is 24.8 Å². The van der Waals surface area contributed by atoms with Crippen LogP contribution in [0.1, 0.15) is 116 Å². The van der Waals surface area contributed by atoms with Gasteiger partial charge in [0.1, 0.15) is 0 Å². The molecule has 0 saturated carbocycles. The number of hydrogen-bond donors (Lipinski definition) is 2.